The van der Waals surface area contributed by atoms with Gasteiger partial charge in [-0.05, 0) is 24.6 Å². The van der Waals surface area contributed by atoms with Gasteiger partial charge in [0, 0.05) is 16.6 Å². The van der Waals surface area contributed by atoms with Crippen molar-refractivity contribution in [2.75, 3.05) is 13.2 Å². The summed E-state index contributed by atoms with van der Waals surface area (Å²) in [5.41, 5.74) is 2.48. The zero-order valence-electron chi connectivity index (χ0n) is 12.3. The summed E-state index contributed by atoms with van der Waals surface area (Å²) in [4.78, 5) is 33.2. The fourth-order valence-electron chi connectivity index (χ4n) is 1.42. The van der Waals surface area contributed by atoms with Gasteiger partial charge in [0.15, 0.2) is 0 Å². The third-order valence-corrected chi connectivity index (χ3v) is 2.92. The van der Waals surface area contributed by atoms with E-state index in [-0.39, 0.29) is 5.75 Å². The van der Waals surface area contributed by atoms with Crippen LogP contribution < -0.4 is 20.6 Å². The van der Waals surface area contributed by atoms with E-state index in [0.29, 0.717) is 23.0 Å². The predicted molar refractivity (Wildman–Crippen MR) is 83.7 cm³/mol. The third kappa shape index (κ3) is 6.92. The minimum Gasteiger partial charge on any atom is -0.546 e. The minimum absolute atomic E-state index is 0.242. The number of nitrogens with one attached hydrogen (secondary N) is 2. The van der Waals surface area contributed by atoms with Gasteiger partial charge in [-0.2, -0.15) is 5.10 Å². The van der Waals surface area contributed by atoms with Crippen LogP contribution in [0.15, 0.2) is 27.8 Å². The number of nitrogens with zero attached hydrogens (tertiary/aromatic N) is 1. The Morgan fingerprint density at radius 3 is 2.74 bits per heavy atom. The summed E-state index contributed by atoms with van der Waals surface area (Å²) in [6, 6.07) is 4.79. The quantitative estimate of drug-likeness (QED) is 0.375. The second-order valence-electron chi connectivity index (χ2n) is 4.30. The molecule has 0 unspecified atom stereocenters. The van der Waals surface area contributed by atoms with Gasteiger partial charge in [0.2, 0.25) is 0 Å². The molecular weight excluding hydrogens is 370 g/mol. The largest absolute Gasteiger partial charge is 0.546 e. The van der Waals surface area contributed by atoms with E-state index in [2.05, 4.69) is 31.8 Å². The van der Waals surface area contributed by atoms with Crippen molar-refractivity contribution in [2.45, 2.75) is 13.3 Å². The first-order valence-electron chi connectivity index (χ1n) is 6.67. The summed E-state index contributed by atoms with van der Waals surface area (Å²) in [5.74, 6) is -2.81. The van der Waals surface area contributed by atoms with Crippen molar-refractivity contribution in [3.05, 3.63) is 28.2 Å². The predicted octanol–water partition coefficient (Wildman–Crippen LogP) is -0.446. The standard InChI is InChI=1S/C14H16BrN3O5/c1-2-5-16-13(21)14(22)18-17-7-9-6-10(15)3-4-11(9)23-8-12(19)20/h3-4,6-7H,2,5,8H2,1H3,(H,16,21)(H,18,22)(H,19,20)/p-1/b17-7-. The van der Waals surface area contributed by atoms with E-state index in [9.17, 15) is 19.5 Å². The zero-order valence-corrected chi connectivity index (χ0v) is 13.9. The van der Waals surface area contributed by atoms with Gasteiger partial charge in [-0.3, -0.25) is 9.59 Å². The van der Waals surface area contributed by atoms with E-state index in [4.69, 9.17) is 4.74 Å². The lowest BCUT2D eigenvalue weighted by molar-refractivity contribution is -0.307. The van der Waals surface area contributed by atoms with E-state index in [1.54, 1.807) is 12.1 Å². The summed E-state index contributed by atoms with van der Waals surface area (Å²) in [5, 5.41) is 16.5. The smallest absolute Gasteiger partial charge is 0.329 e. The minimum atomic E-state index is -1.36. The molecule has 2 amide bonds. The molecule has 2 N–H and O–H groups in total. The van der Waals surface area contributed by atoms with E-state index < -0.39 is 24.4 Å². The van der Waals surface area contributed by atoms with Crippen LogP contribution in [0.4, 0.5) is 0 Å². The van der Waals surface area contributed by atoms with Crippen molar-refractivity contribution < 1.29 is 24.2 Å². The summed E-state index contributed by atoms with van der Waals surface area (Å²) in [6.45, 7) is 1.63. The average molecular weight is 385 g/mol. The van der Waals surface area contributed by atoms with E-state index in [1.165, 1.54) is 12.3 Å². The van der Waals surface area contributed by atoms with Gasteiger partial charge in [0.1, 0.15) is 12.4 Å². The van der Waals surface area contributed by atoms with Gasteiger partial charge in [-0.15, -0.1) is 0 Å². The van der Waals surface area contributed by atoms with E-state index in [1.807, 2.05) is 6.92 Å². The maximum atomic E-state index is 11.4. The molecule has 124 valence electrons. The van der Waals surface area contributed by atoms with Crippen LogP contribution in [-0.2, 0) is 14.4 Å². The van der Waals surface area contributed by atoms with Crippen molar-refractivity contribution in [1.82, 2.24) is 10.7 Å². The molecule has 0 aliphatic heterocycles. The van der Waals surface area contributed by atoms with Gasteiger partial charge in [0.25, 0.3) is 0 Å². The van der Waals surface area contributed by atoms with Crippen molar-refractivity contribution in [1.29, 1.82) is 0 Å². The van der Waals surface area contributed by atoms with Crippen LogP contribution in [0.3, 0.4) is 0 Å². The number of benzene rings is 1. The summed E-state index contributed by atoms with van der Waals surface area (Å²) >= 11 is 3.25. The van der Waals surface area contributed by atoms with Gasteiger partial charge >= 0.3 is 11.8 Å². The molecule has 0 radical (unpaired) electrons. The van der Waals surface area contributed by atoms with Crippen LogP contribution in [-0.4, -0.2) is 37.1 Å². The molecule has 0 atom stereocenters. The SMILES string of the molecule is CCCNC(=O)C(=O)N/N=C\c1cc(Br)ccc1OCC(=O)[O-]. The lowest BCUT2D eigenvalue weighted by Crippen LogP contribution is -2.38. The Morgan fingerprint density at radius 1 is 1.35 bits per heavy atom. The number of carbonyl (C=O) groups excluding carboxylic acids is 3. The van der Waals surface area contributed by atoms with Gasteiger partial charge < -0.3 is 20.0 Å². The molecule has 1 aromatic rings. The lowest BCUT2D eigenvalue weighted by Gasteiger charge is -2.09. The molecule has 0 aromatic heterocycles. The molecule has 0 aliphatic carbocycles. The number of aliphatic carboxylic acids is 1. The first-order valence-corrected chi connectivity index (χ1v) is 7.46. The van der Waals surface area contributed by atoms with Crippen molar-refractivity contribution in [3.8, 4) is 5.75 Å². The summed E-state index contributed by atoms with van der Waals surface area (Å²) < 4.78 is 5.75. The number of hydrogen-bond acceptors (Lipinski definition) is 6. The number of hydrazone groups is 1. The highest BCUT2D eigenvalue weighted by Crippen LogP contribution is 2.21. The second-order valence-corrected chi connectivity index (χ2v) is 5.21. The normalized spacial score (nSPS) is 10.3. The summed E-state index contributed by atoms with van der Waals surface area (Å²) in [7, 11) is 0. The van der Waals surface area contributed by atoms with Gasteiger partial charge in [-0.25, -0.2) is 5.43 Å². The van der Waals surface area contributed by atoms with Crippen LogP contribution in [0.5, 0.6) is 5.75 Å². The second kappa shape index (κ2) is 9.57. The molecule has 0 saturated carbocycles. The molecule has 9 heteroatoms. The van der Waals surface area contributed by atoms with E-state index in [0.717, 1.165) is 0 Å². The molecule has 0 spiro atoms. The van der Waals surface area contributed by atoms with Crippen LogP contribution in [0.25, 0.3) is 0 Å². The van der Waals surface area contributed by atoms with Crippen LogP contribution in [0.2, 0.25) is 0 Å². The molecule has 1 aromatic carbocycles. The number of halogens is 1. The molecule has 0 fully saturated rings. The van der Waals surface area contributed by atoms with Crippen molar-refractivity contribution in [2.24, 2.45) is 5.10 Å². The fourth-order valence-corrected chi connectivity index (χ4v) is 1.80. The molecule has 1 rings (SSSR count). The van der Waals surface area contributed by atoms with Crippen molar-refractivity contribution in [3.63, 3.8) is 0 Å². The Bertz CT molecular complexity index is 618. The Balaban J connectivity index is 2.71. The number of hydrogen-bond donors (Lipinski definition) is 2. The Morgan fingerprint density at radius 2 is 2.09 bits per heavy atom. The van der Waals surface area contributed by atoms with Crippen LogP contribution in [0, 0.1) is 0 Å². The number of carboxylic acids is 1. The molecule has 8 nitrogen and oxygen atoms in total. The monoisotopic (exact) mass is 384 g/mol. The van der Waals surface area contributed by atoms with Crippen molar-refractivity contribution >= 4 is 39.9 Å². The van der Waals surface area contributed by atoms with E-state index >= 15 is 0 Å². The molecule has 23 heavy (non-hydrogen) atoms. The average Bonchev–Trinajstić information content (AvgIpc) is 2.51. The highest BCUT2D eigenvalue weighted by atomic mass is 79.9. The molecule has 0 bridgehead atoms. The number of ether oxygens (including phenoxy) is 1. The maximum absolute atomic E-state index is 11.4. The first-order chi connectivity index (χ1) is 10.9. The highest BCUT2D eigenvalue weighted by molar-refractivity contribution is 9.10. The first kappa shape index (κ1) is 18.6. The third-order valence-electron chi connectivity index (χ3n) is 2.43. The van der Waals surface area contributed by atoms with Crippen LogP contribution >= 0.6 is 15.9 Å². The Kier molecular flexibility index (Phi) is 7.75. The number of carbonyl (C=O) groups is 3. The maximum Gasteiger partial charge on any atom is 0.329 e. The molecule has 0 heterocycles. The topological polar surface area (TPSA) is 120 Å². The molecular formula is C14H15BrN3O5-. The summed E-state index contributed by atoms with van der Waals surface area (Å²) in [6.07, 6.45) is 1.94. The fraction of sp³-hybridized carbons (Fsp3) is 0.286. The molecule has 0 saturated heterocycles. The molecule has 0 aliphatic rings. The number of amides is 2. The van der Waals surface area contributed by atoms with Crippen LogP contribution in [0.1, 0.15) is 18.9 Å². The Labute approximate surface area is 141 Å². The number of rotatable bonds is 7. The number of carboxylic acid groups (broad SMARTS) is 1. The Hall–Kier alpha value is -2.42. The highest BCUT2D eigenvalue weighted by Gasteiger charge is 2.11. The van der Waals surface area contributed by atoms with Gasteiger partial charge in [-0.1, -0.05) is 22.9 Å². The van der Waals surface area contributed by atoms with Gasteiger partial charge in [0.05, 0.1) is 12.2 Å². The lowest BCUT2D eigenvalue weighted by atomic mass is 10.2. The zero-order chi connectivity index (χ0) is 17.2.